The summed E-state index contributed by atoms with van der Waals surface area (Å²) in [7, 11) is 0. The largest absolute Gasteiger partial charge is 0.381 e. The van der Waals surface area contributed by atoms with Gasteiger partial charge in [0.1, 0.15) is 0 Å². The Bertz CT molecular complexity index is 128. The van der Waals surface area contributed by atoms with E-state index in [2.05, 4.69) is 26.5 Å². The highest BCUT2D eigenvalue weighted by Gasteiger charge is 2.04. The summed E-state index contributed by atoms with van der Waals surface area (Å²) >= 11 is 4.35. The van der Waals surface area contributed by atoms with Gasteiger partial charge in [0.15, 0.2) is 0 Å². The highest BCUT2D eigenvalue weighted by atomic mass is 32.1. The zero-order valence-corrected chi connectivity index (χ0v) is 12.1. The molecular formula is C14H30OS. The van der Waals surface area contributed by atoms with E-state index in [1.165, 1.54) is 51.4 Å². The number of thiol groups is 1. The van der Waals surface area contributed by atoms with Crippen molar-refractivity contribution in [2.24, 2.45) is 5.92 Å². The van der Waals surface area contributed by atoms with Gasteiger partial charge in [-0.1, -0.05) is 52.4 Å². The van der Waals surface area contributed by atoms with Gasteiger partial charge < -0.3 is 4.74 Å². The molecule has 16 heavy (non-hydrogen) atoms. The van der Waals surface area contributed by atoms with Crippen molar-refractivity contribution < 1.29 is 4.74 Å². The lowest BCUT2D eigenvalue weighted by molar-refractivity contribution is 0.0997. The third-order valence-electron chi connectivity index (χ3n) is 2.95. The van der Waals surface area contributed by atoms with Crippen LogP contribution in [-0.2, 0) is 4.74 Å². The number of hydrogen-bond donors (Lipinski definition) is 1. The second kappa shape index (κ2) is 13.4. The van der Waals surface area contributed by atoms with E-state index in [4.69, 9.17) is 4.74 Å². The van der Waals surface area contributed by atoms with Gasteiger partial charge in [-0.25, -0.2) is 0 Å². The van der Waals surface area contributed by atoms with Crippen LogP contribution in [0.5, 0.6) is 0 Å². The van der Waals surface area contributed by atoms with Gasteiger partial charge in [0.2, 0.25) is 0 Å². The Morgan fingerprint density at radius 3 is 2.25 bits per heavy atom. The smallest absolute Gasteiger partial charge is 0.0502 e. The molecule has 0 aromatic heterocycles. The fourth-order valence-electron chi connectivity index (χ4n) is 1.87. The van der Waals surface area contributed by atoms with Crippen molar-refractivity contribution in [3.05, 3.63) is 0 Å². The molecular weight excluding hydrogens is 216 g/mol. The molecule has 2 heteroatoms. The molecule has 0 radical (unpaired) electrons. The molecule has 98 valence electrons. The molecule has 0 aromatic rings. The van der Waals surface area contributed by atoms with Crippen LogP contribution < -0.4 is 0 Å². The van der Waals surface area contributed by atoms with E-state index in [0.29, 0.717) is 5.92 Å². The molecule has 0 aliphatic rings. The minimum atomic E-state index is 0.661. The Labute approximate surface area is 108 Å². The highest BCUT2D eigenvalue weighted by Crippen LogP contribution is 2.10. The van der Waals surface area contributed by atoms with Crippen LogP contribution in [0.15, 0.2) is 0 Å². The van der Waals surface area contributed by atoms with E-state index >= 15 is 0 Å². The maximum Gasteiger partial charge on any atom is 0.0502 e. The summed E-state index contributed by atoms with van der Waals surface area (Å²) in [6.45, 7) is 6.34. The Kier molecular flexibility index (Phi) is 13.6. The van der Waals surface area contributed by atoms with Gasteiger partial charge in [0.05, 0.1) is 6.61 Å². The lowest BCUT2D eigenvalue weighted by Gasteiger charge is -2.13. The average molecular weight is 246 g/mol. The third kappa shape index (κ3) is 10.8. The lowest BCUT2D eigenvalue weighted by Crippen LogP contribution is -2.11. The van der Waals surface area contributed by atoms with Crippen LogP contribution in [0.3, 0.4) is 0 Å². The molecule has 0 N–H and O–H groups in total. The summed E-state index contributed by atoms with van der Waals surface area (Å²) < 4.78 is 5.70. The van der Waals surface area contributed by atoms with Gasteiger partial charge in [-0.2, -0.15) is 12.6 Å². The zero-order valence-electron chi connectivity index (χ0n) is 11.2. The van der Waals surface area contributed by atoms with Crippen LogP contribution in [0, 0.1) is 5.92 Å². The van der Waals surface area contributed by atoms with E-state index in [1.807, 2.05) is 0 Å². The molecule has 1 unspecified atom stereocenters. The average Bonchev–Trinajstić information content (AvgIpc) is 2.31. The van der Waals surface area contributed by atoms with E-state index in [0.717, 1.165) is 19.0 Å². The maximum atomic E-state index is 5.70. The first-order valence-electron chi connectivity index (χ1n) is 7.03. The molecule has 0 aliphatic heterocycles. The Morgan fingerprint density at radius 2 is 1.62 bits per heavy atom. The molecule has 1 atom stereocenters. The molecule has 0 heterocycles. The van der Waals surface area contributed by atoms with Crippen LogP contribution in [-0.4, -0.2) is 19.0 Å². The molecule has 0 aliphatic carbocycles. The van der Waals surface area contributed by atoms with Crippen molar-refractivity contribution in [3.63, 3.8) is 0 Å². The second-order valence-corrected chi connectivity index (χ2v) is 5.05. The second-order valence-electron chi connectivity index (χ2n) is 4.68. The van der Waals surface area contributed by atoms with Crippen molar-refractivity contribution in [1.29, 1.82) is 0 Å². The number of ether oxygens (including phenoxy) is 1. The zero-order chi connectivity index (χ0) is 12.1. The maximum absolute atomic E-state index is 5.70. The molecule has 0 fully saturated rings. The van der Waals surface area contributed by atoms with Crippen LogP contribution in [0.1, 0.15) is 65.2 Å². The van der Waals surface area contributed by atoms with Gasteiger partial charge in [0, 0.05) is 6.61 Å². The van der Waals surface area contributed by atoms with Crippen molar-refractivity contribution >= 4 is 12.6 Å². The lowest BCUT2D eigenvalue weighted by atomic mass is 10.1. The summed E-state index contributed by atoms with van der Waals surface area (Å²) in [6.07, 6.45) is 10.5. The van der Waals surface area contributed by atoms with Gasteiger partial charge in [0.25, 0.3) is 0 Å². The normalized spacial score (nSPS) is 12.9. The van der Waals surface area contributed by atoms with Gasteiger partial charge in [-0.05, 0) is 24.5 Å². The fraction of sp³-hybridized carbons (Fsp3) is 1.00. The SMILES string of the molecule is CCCCCCCCOCC(CS)CCC. The molecule has 0 bridgehead atoms. The third-order valence-corrected chi connectivity index (χ3v) is 3.47. The molecule has 0 spiro atoms. The summed E-state index contributed by atoms with van der Waals surface area (Å²) in [5.74, 6) is 1.62. The highest BCUT2D eigenvalue weighted by molar-refractivity contribution is 7.80. The molecule has 0 saturated carbocycles. The minimum Gasteiger partial charge on any atom is -0.381 e. The summed E-state index contributed by atoms with van der Waals surface area (Å²) in [4.78, 5) is 0. The molecule has 0 aromatic carbocycles. The van der Waals surface area contributed by atoms with E-state index in [1.54, 1.807) is 0 Å². The molecule has 0 rings (SSSR count). The fourth-order valence-corrected chi connectivity index (χ4v) is 2.16. The Morgan fingerprint density at radius 1 is 0.938 bits per heavy atom. The first-order valence-corrected chi connectivity index (χ1v) is 7.66. The monoisotopic (exact) mass is 246 g/mol. The van der Waals surface area contributed by atoms with Gasteiger partial charge in [-0.15, -0.1) is 0 Å². The first-order chi connectivity index (χ1) is 7.85. The van der Waals surface area contributed by atoms with E-state index in [9.17, 15) is 0 Å². The van der Waals surface area contributed by atoms with Crippen LogP contribution in [0.4, 0.5) is 0 Å². The number of hydrogen-bond acceptors (Lipinski definition) is 2. The topological polar surface area (TPSA) is 9.23 Å². The Hall–Kier alpha value is 0.310. The summed E-state index contributed by atoms with van der Waals surface area (Å²) in [6, 6.07) is 0. The molecule has 1 nitrogen and oxygen atoms in total. The van der Waals surface area contributed by atoms with Crippen molar-refractivity contribution in [2.75, 3.05) is 19.0 Å². The number of unbranched alkanes of at least 4 members (excludes halogenated alkanes) is 5. The first kappa shape index (κ1) is 16.3. The van der Waals surface area contributed by atoms with Crippen molar-refractivity contribution in [3.8, 4) is 0 Å². The summed E-state index contributed by atoms with van der Waals surface area (Å²) in [5, 5.41) is 0. The van der Waals surface area contributed by atoms with Crippen molar-refractivity contribution in [1.82, 2.24) is 0 Å². The van der Waals surface area contributed by atoms with Crippen LogP contribution in [0.25, 0.3) is 0 Å². The van der Waals surface area contributed by atoms with Crippen LogP contribution in [0.2, 0.25) is 0 Å². The molecule has 0 saturated heterocycles. The molecule has 0 amide bonds. The number of rotatable bonds is 12. The summed E-state index contributed by atoms with van der Waals surface area (Å²) in [5.41, 5.74) is 0. The Balaban J connectivity index is 3.12. The quantitative estimate of drug-likeness (QED) is 0.387. The van der Waals surface area contributed by atoms with Gasteiger partial charge in [-0.3, -0.25) is 0 Å². The van der Waals surface area contributed by atoms with E-state index in [-0.39, 0.29) is 0 Å². The van der Waals surface area contributed by atoms with Gasteiger partial charge >= 0.3 is 0 Å². The predicted molar refractivity (Wildman–Crippen MR) is 76.4 cm³/mol. The van der Waals surface area contributed by atoms with Crippen molar-refractivity contribution in [2.45, 2.75) is 65.2 Å². The predicted octanol–water partition coefficient (Wildman–Crippen LogP) is 4.71. The minimum absolute atomic E-state index is 0.661. The van der Waals surface area contributed by atoms with Crippen LogP contribution >= 0.6 is 12.6 Å². The standard InChI is InChI=1S/C14H30OS/c1-3-5-6-7-8-9-11-15-12-14(13-16)10-4-2/h14,16H,3-13H2,1-2H3. The van der Waals surface area contributed by atoms with E-state index < -0.39 is 0 Å².